The Bertz CT molecular complexity index is 626. The Hall–Kier alpha value is -2.56. The van der Waals surface area contributed by atoms with E-state index in [0.717, 1.165) is 5.56 Å². The van der Waals surface area contributed by atoms with Crippen LogP contribution in [0.5, 0.6) is 0 Å². The summed E-state index contributed by atoms with van der Waals surface area (Å²) in [6.45, 7) is 8.40. The highest BCUT2D eigenvalue weighted by molar-refractivity contribution is 5.83. The molecule has 1 aliphatic rings. The summed E-state index contributed by atoms with van der Waals surface area (Å²) in [5.41, 5.74) is 0.706. The second-order valence-corrected chi connectivity index (χ2v) is 5.90. The number of esters is 1. The van der Waals surface area contributed by atoms with Crippen LogP contribution in [-0.4, -0.2) is 37.2 Å². The molecule has 0 saturated carbocycles. The van der Waals surface area contributed by atoms with E-state index in [9.17, 15) is 9.59 Å². The van der Waals surface area contributed by atoms with E-state index in [4.69, 9.17) is 9.47 Å². The Morgan fingerprint density at radius 1 is 1.33 bits per heavy atom. The van der Waals surface area contributed by atoms with E-state index in [1.54, 1.807) is 6.08 Å². The summed E-state index contributed by atoms with van der Waals surface area (Å²) < 4.78 is 10.3. The summed E-state index contributed by atoms with van der Waals surface area (Å²) in [7, 11) is 1.35. The van der Waals surface area contributed by atoms with Crippen LogP contribution in [0.3, 0.4) is 0 Å². The number of ether oxygens (including phenoxy) is 2. The largest absolute Gasteiger partial charge is 0.468 e. The van der Waals surface area contributed by atoms with Crippen molar-refractivity contribution in [1.29, 1.82) is 0 Å². The summed E-state index contributed by atoms with van der Waals surface area (Å²) >= 11 is 0. The van der Waals surface area contributed by atoms with Crippen molar-refractivity contribution < 1.29 is 19.1 Å². The minimum Gasteiger partial charge on any atom is -0.468 e. The van der Waals surface area contributed by atoms with Gasteiger partial charge in [-0.3, -0.25) is 4.79 Å². The summed E-state index contributed by atoms with van der Waals surface area (Å²) in [4.78, 5) is 26.1. The lowest BCUT2D eigenvalue weighted by Crippen LogP contribution is -2.38. The lowest BCUT2D eigenvalue weighted by Gasteiger charge is -2.26. The summed E-state index contributed by atoms with van der Waals surface area (Å²) in [5.74, 6) is -0.368. The van der Waals surface area contributed by atoms with Crippen molar-refractivity contribution in [2.45, 2.75) is 19.4 Å². The van der Waals surface area contributed by atoms with Crippen LogP contribution in [0.1, 0.15) is 18.4 Å². The topological polar surface area (TPSA) is 55.8 Å². The Labute approximate surface area is 142 Å². The number of hydrogen-bond acceptors (Lipinski definition) is 4. The average Bonchev–Trinajstić information content (AvgIpc) is 2.95. The van der Waals surface area contributed by atoms with Crippen LogP contribution in [0, 0.1) is 5.41 Å². The molecule has 1 amide bonds. The smallest absolute Gasteiger partial charge is 0.410 e. The van der Waals surface area contributed by atoms with Crippen molar-refractivity contribution in [1.82, 2.24) is 4.90 Å². The van der Waals surface area contributed by atoms with E-state index in [0.29, 0.717) is 25.0 Å². The van der Waals surface area contributed by atoms with E-state index in [1.165, 1.54) is 12.0 Å². The van der Waals surface area contributed by atoms with Crippen molar-refractivity contribution in [3.63, 3.8) is 0 Å². The van der Waals surface area contributed by atoms with Gasteiger partial charge in [0.05, 0.1) is 7.11 Å². The maximum atomic E-state index is 12.3. The number of hydrogen-bond donors (Lipinski definition) is 0. The van der Waals surface area contributed by atoms with Gasteiger partial charge in [0.15, 0.2) is 0 Å². The van der Waals surface area contributed by atoms with Gasteiger partial charge in [-0.05, 0) is 24.0 Å². The molecule has 128 valence electrons. The predicted octanol–water partition coefficient (Wildman–Crippen LogP) is 3.32. The third-order valence-electron chi connectivity index (χ3n) is 4.33. The second kappa shape index (κ2) is 7.81. The first-order chi connectivity index (χ1) is 11.5. The normalized spacial score (nSPS) is 19.9. The van der Waals surface area contributed by atoms with E-state index in [2.05, 4.69) is 13.2 Å². The molecule has 1 aliphatic heterocycles. The van der Waals surface area contributed by atoms with Crippen molar-refractivity contribution in [2.75, 3.05) is 20.2 Å². The van der Waals surface area contributed by atoms with Gasteiger partial charge in [0, 0.05) is 13.1 Å². The first-order valence-electron chi connectivity index (χ1n) is 7.86. The molecule has 5 nitrogen and oxygen atoms in total. The molecule has 1 aromatic carbocycles. The quantitative estimate of drug-likeness (QED) is 0.593. The minimum atomic E-state index is -0.880. The van der Waals surface area contributed by atoms with E-state index >= 15 is 0 Å². The molecule has 5 heteroatoms. The number of likely N-dealkylation sites (tertiary alicyclic amines) is 1. The molecule has 1 heterocycles. The van der Waals surface area contributed by atoms with Crippen LogP contribution in [0.4, 0.5) is 4.79 Å². The maximum Gasteiger partial charge on any atom is 0.410 e. The molecule has 1 saturated heterocycles. The van der Waals surface area contributed by atoms with Gasteiger partial charge >= 0.3 is 12.1 Å². The lowest BCUT2D eigenvalue weighted by molar-refractivity contribution is -0.150. The number of carbonyl (C=O) groups is 2. The van der Waals surface area contributed by atoms with Crippen LogP contribution in [0.2, 0.25) is 0 Å². The first kappa shape index (κ1) is 17.8. The molecule has 0 aliphatic carbocycles. The van der Waals surface area contributed by atoms with Crippen molar-refractivity contribution in [3.05, 3.63) is 60.7 Å². The van der Waals surface area contributed by atoms with Gasteiger partial charge in [0.1, 0.15) is 12.0 Å². The fraction of sp³-hybridized carbons (Fsp3) is 0.368. The molecular weight excluding hydrogens is 306 g/mol. The Morgan fingerprint density at radius 2 is 2.04 bits per heavy atom. The SMILES string of the molecule is C=CCCC1(C(=O)OC)CN(C(=O)OCc2ccccc2)CC1=C. The number of methoxy groups -OCH3 is 1. The summed E-state index contributed by atoms with van der Waals surface area (Å²) in [6.07, 6.45) is 2.45. The Morgan fingerprint density at radius 3 is 2.67 bits per heavy atom. The van der Waals surface area contributed by atoms with Crippen LogP contribution in [0.15, 0.2) is 55.1 Å². The van der Waals surface area contributed by atoms with Crippen molar-refractivity contribution in [2.24, 2.45) is 5.41 Å². The van der Waals surface area contributed by atoms with Crippen LogP contribution in [-0.2, 0) is 20.9 Å². The molecule has 1 atom stereocenters. The molecule has 1 fully saturated rings. The molecule has 2 rings (SSSR count). The third kappa shape index (κ3) is 3.67. The Balaban J connectivity index is 2.04. The van der Waals surface area contributed by atoms with Crippen LogP contribution < -0.4 is 0 Å². The number of benzene rings is 1. The summed E-state index contributed by atoms with van der Waals surface area (Å²) in [5, 5.41) is 0. The number of rotatable bonds is 6. The van der Waals surface area contributed by atoms with Crippen LogP contribution >= 0.6 is 0 Å². The van der Waals surface area contributed by atoms with Gasteiger partial charge < -0.3 is 14.4 Å². The third-order valence-corrected chi connectivity index (χ3v) is 4.33. The van der Waals surface area contributed by atoms with Crippen LogP contribution in [0.25, 0.3) is 0 Å². The standard InChI is InChI=1S/C19H23NO4/c1-4-5-11-19(17(21)23-3)14-20(12-15(19)2)18(22)24-13-16-9-7-6-8-10-16/h4,6-10H,1-2,5,11-14H2,3H3. The first-order valence-corrected chi connectivity index (χ1v) is 7.86. The monoisotopic (exact) mass is 329 g/mol. The highest BCUT2D eigenvalue weighted by atomic mass is 16.6. The fourth-order valence-electron chi connectivity index (χ4n) is 2.93. The van der Waals surface area contributed by atoms with Gasteiger partial charge in [-0.2, -0.15) is 0 Å². The lowest BCUT2D eigenvalue weighted by atomic mass is 9.79. The van der Waals surface area contributed by atoms with E-state index in [1.807, 2.05) is 30.3 Å². The van der Waals surface area contributed by atoms with Gasteiger partial charge in [-0.25, -0.2) is 4.79 Å². The van der Waals surface area contributed by atoms with Gasteiger partial charge in [-0.15, -0.1) is 6.58 Å². The van der Waals surface area contributed by atoms with Gasteiger partial charge in [-0.1, -0.05) is 43.0 Å². The van der Waals surface area contributed by atoms with E-state index < -0.39 is 11.5 Å². The van der Waals surface area contributed by atoms with Crippen molar-refractivity contribution in [3.8, 4) is 0 Å². The number of nitrogens with zero attached hydrogens (tertiary/aromatic N) is 1. The zero-order chi connectivity index (χ0) is 17.6. The molecule has 24 heavy (non-hydrogen) atoms. The second-order valence-electron chi connectivity index (χ2n) is 5.90. The number of carbonyl (C=O) groups excluding carboxylic acids is 2. The van der Waals surface area contributed by atoms with Gasteiger partial charge in [0.25, 0.3) is 0 Å². The molecular formula is C19H23NO4. The molecule has 0 spiro atoms. The molecule has 0 N–H and O–H groups in total. The molecule has 1 aromatic rings. The maximum absolute atomic E-state index is 12.3. The van der Waals surface area contributed by atoms with E-state index in [-0.39, 0.29) is 19.1 Å². The highest BCUT2D eigenvalue weighted by Crippen LogP contribution is 2.40. The zero-order valence-corrected chi connectivity index (χ0v) is 14.0. The molecule has 0 bridgehead atoms. The summed E-state index contributed by atoms with van der Waals surface area (Å²) in [6, 6.07) is 9.45. The zero-order valence-electron chi connectivity index (χ0n) is 14.0. The average molecular weight is 329 g/mol. The van der Waals surface area contributed by atoms with Gasteiger partial charge in [0.2, 0.25) is 0 Å². The predicted molar refractivity (Wildman–Crippen MR) is 91.2 cm³/mol. The minimum absolute atomic E-state index is 0.195. The van der Waals surface area contributed by atoms with Crippen molar-refractivity contribution >= 4 is 12.1 Å². The Kier molecular flexibility index (Phi) is 5.79. The molecule has 0 aromatic heterocycles. The molecule has 0 radical (unpaired) electrons. The number of allylic oxidation sites excluding steroid dienone is 1. The highest BCUT2D eigenvalue weighted by Gasteiger charge is 2.49. The number of amides is 1. The molecule has 1 unspecified atom stereocenters. The fourth-order valence-corrected chi connectivity index (χ4v) is 2.93.